The molecule has 0 aromatic carbocycles. The van der Waals surface area contributed by atoms with Gasteiger partial charge in [0.1, 0.15) is 12.3 Å². The lowest BCUT2D eigenvalue weighted by atomic mass is 9.73. The van der Waals surface area contributed by atoms with E-state index in [-0.39, 0.29) is 8.33 Å². The normalized spacial score (nSPS) is 42.6. The second kappa shape index (κ2) is 10.1. The molecule has 0 heterocycles. The molecule has 0 radical (unpaired) electrons. The van der Waals surface area contributed by atoms with Crippen molar-refractivity contribution >= 4 is 0 Å². The van der Waals surface area contributed by atoms with Gasteiger partial charge in [-0.3, -0.25) is 0 Å². The van der Waals surface area contributed by atoms with Crippen LogP contribution in [0.4, 0.5) is 22.0 Å². The summed E-state index contributed by atoms with van der Waals surface area (Å²) in [6.45, 7) is 2.29. The van der Waals surface area contributed by atoms with Crippen LogP contribution in [0, 0.1) is 23.7 Å². The third kappa shape index (κ3) is 6.04. The van der Waals surface area contributed by atoms with Gasteiger partial charge in [-0.25, -0.2) is 13.2 Å². The molecule has 2 N–H and O–H groups in total. The molecule has 7 heteroatoms. The van der Waals surface area contributed by atoms with E-state index in [1.807, 2.05) is 0 Å². The Bertz CT molecular complexity index is 460. The van der Waals surface area contributed by atoms with E-state index in [1.54, 1.807) is 0 Å². The molecule has 3 aliphatic rings. The van der Waals surface area contributed by atoms with Gasteiger partial charge in [0.15, 0.2) is 6.17 Å². The van der Waals surface area contributed by atoms with Crippen molar-refractivity contribution in [3.05, 3.63) is 0 Å². The van der Waals surface area contributed by atoms with Gasteiger partial charge in [-0.1, -0.05) is 32.6 Å². The highest BCUT2D eigenvalue weighted by Gasteiger charge is 2.48. The van der Waals surface area contributed by atoms with Gasteiger partial charge in [0.05, 0.1) is 12.0 Å². The van der Waals surface area contributed by atoms with E-state index in [1.165, 1.54) is 25.7 Å². The lowest BCUT2D eigenvalue weighted by Gasteiger charge is -2.38. The summed E-state index contributed by atoms with van der Waals surface area (Å²) in [5.74, 6) is 1.15. The van der Waals surface area contributed by atoms with Gasteiger partial charge in [-0.2, -0.15) is 8.78 Å². The van der Waals surface area contributed by atoms with Crippen molar-refractivity contribution in [2.24, 2.45) is 23.7 Å². The van der Waals surface area contributed by atoms with E-state index >= 15 is 0 Å². The number of alkyl halides is 5. The van der Waals surface area contributed by atoms with Gasteiger partial charge in [-0.05, 0) is 49.9 Å². The van der Waals surface area contributed by atoms with Crippen LogP contribution in [0.15, 0.2) is 0 Å². The van der Waals surface area contributed by atoms with Crippen molar-refractivity contribution in [1.29, 1.82) is 0 Å². The van der Waals surface area contributed by atoms with Crippen LogP contribution in [0.1, 0.15) is 80.4 Å². The Kier molecular flexibility index (Phi) is 8.56. The first-order valence-electron chi connectivity index (χ1n) is 10.7. The molecule has 3 saturated carbocycles. The maximum atomic E-state index is 14.5. The van der Waals surface area contributed by atoms with Gasteiger partial charge >= 0.3 is 6.11 Å². The molecule has 0 amide bonds. The lowest BCUT2D eigenvalue weighted by Crippen LogP contribution is -2.45. The Balaban J connectivity index is 0.00000280. The molecule has 3 rings (SSSR count). The lowest BCUT2D eigenvalue weighted by molar-refractivity contribution is -0.306. The molecule has 170 valence electrons. The third-order valence-electron chi connectivity index (χ3n) is 7.12. The molecule has 3 fully saturated rings. The summed E-state index contributed by atoms with van der Waals surface area (Å²) in [6.07, 6.45) is -3.47. The van der Waals surface area contributed by atoms with Gasteiger partial charge in [0.2, 0.25) is 0 Å². The van der Waals surface area contributed by atoms with Gasteiger partial charge < -0.3 is 10.2 Å². The van der Waals surface area contributed by atoms with E-state index in [4.69, 9.17) is 4.74 Å². The predicted octanol–water partition coefficient (Wildman–Crippen LogP) is 6.46. The Morgan fingerprint density at radius 3 is 1.79 bits per heavy atom. The summed E-state index contributed by atoms with van der Waals surface area (Å²) in [7, 11) is 0. The molecule has 2 unspecified atom stereocenters. The van der Waals surface area contributed by atoms with Crippen LogP contribution < -0.4 is 0 Å². The zero-order valence-electron chi connectivity index (χ0n) is 16.7. The minimum Gasteiger partial charge on any atom is -0.412 e. The summed E-state index contributed by atoms with van der Waals surface area (Å²) in [4.78, 5) is 0. The summed E-state index contributed by atoms with van der Waals surface area (Å²) in [5, 5.41) is 0. The average molecular weight is 419 g/mol. The highest BCUT2D eigenvalue weighted by atomic mass is 19.3. The highest BCUT2D eigenvalue weighted by Crippen LogP contribution is 2.44. The zero-order valence-corrected chi connectivity index (χ0v) is 16.7. The van der Waals surface area contributed by atoms with Gasteiger partial charge in [-0.15, -0.1) is 0 Å². The van der Waals surface area contributed by atoms with Crippen LogP contribution in [0.5, 0.6) is 0 Å². The van der Waals surface area contributed by atoms with Crippen molar-refractivity contribution in [3.8, 4) is 0 Å². The molecule has 0 aromatic rings. The van der Waals surface area contributed by atoms with Crippen LogP contribution in [0.3, 0.4) is 0 Å². The van der Waals surface area contributed by atoms with Crippen molar-refractivity contribution in [2.45, 2.75) is 108 Å². The monoisotopic (exact) mass is 418 g/mol. The first-order chi connectivity index (χ1) is 12.7. The van der Waals surface area contributed by atoms with Gasteiger partial charge in [0, 0.05) is 15.7 Å². The minimum absolute atomic E-state index is 0. The Morgan fingerprint density at radius 2 is 1.29 bits per heavy atom. The molecule has 0 aromatic heterocycles. The Hall–Kier alpha value is -0.430. The number of hydrogen-bond donors (Lipinski definition) is 0. The minimum atomic E-state index is -3.39. The van der Waals surface area contributed by atoms with E-state index in [9.17, 15) is 22.0 Å². The molecule has 0 aliphatic heterocycles. The summed E-state index contributed by atoms with van der Waals surface area (Å²) < 4.78 is 74.0. The number of ether oxygens (including phenoxy) is 1. The SMILES string of the molecule is CC1CCC(CC2CCC(C(F)(F)OC3CC(F)C(F)C(F)C3)CC2)CC1.O.[HH].[HH]. The summed E-state index contributed by atoms with van der Waals surface area (Å²) in [5.41, 5.74) is 0. The van der Waals surface area contributed by atoms with E-state index in [2.05, 4.69) is 6.92 Å². The molecule has 0 saturated heterocycles. The zero-order chi connectivity index (χ0) is 19.6. The third-order valence-corrected chi connectivity index (χ3v) is 7.12. The highest BCUT2D eigenvalue weighted by molar-refractivity contribution is 4.89. The van der Waals surface area contributed by atoms with E-state index in [0.717, 1.165) is 31.1 Å². The summed E-state index contributed by atoms with van der Waals surface area (Å²) in [6, 6.07) is 0. The molecule has 0 spiro atoms. The van der Waals surface area contributed by atoms with Gasteiger partial charge in [0.25, 0.3) is 0 Å². The largest absolute Gasteiger partial charge is 0.412 e. The van der Waals surface area contributed by atoms with Crippen molar-refractivity contribution in [1.82, 2.24) is 0 Å². The number of rotatable bonds is 5. The van der Waals surface area contributed by atoms with Crippen molar-refractivity contribution in [2.75, 3.05) is 0 Å². The van der Waals surface area contributed by atoms with Crippen LogP contribution in [-0.2, 0) is 4.74 Å². The van der Waals surface area contributed by atoms with Crippen LogP contribution in [-0.4, -0.2) is 36.2 Å². The molecule has 3 aliphatic carbocycles. The average Bonchev–Trinajstić information content (AvgIpc) is 2.62. The topological polar surface area (TPSA) is 40.7 Å². The molecule has 2 atom stereocenters. The van der Waals surface area contributed by atoms with E-state index < -0.39 is 49.5 Å². The van der Waals surface area contributed by atoms with Crippen molar-refractivity contribution < 1.29 is 35.0 Å². The van der Waals surface area contributed by atoms with E-state index in [0.29, 0.717) is 18.8 Å². The first kappa shape index (κ1) is 23.8. The molecule has 2 nitrogen and oxygen atoms in total. The maximum absolute atomic E-state index is 14.5. The van der Waals surface area contributed by atoms with Crippen LogP contribution in [0.25, 0.3) is 0 Å². The standard InChI is InChI=1S/C21H33F5O.H2O.2H2/c1-13-2-4-14(5-3-13)10-15-6-8-16(9-7-15)21(25,26)27-17-11-18(22)20(24)19(23)12-17;;;/h13-20H,2-12H2,1H3;1H2;2*1H. The van der Waals surface area contributed by atoms with Crippen LogP contribution in [0.2, 0.25) is 0 Å². The molecular formula is C21H39F5O2. The summed E-state index contributed by atoms with van der Waals surface area (Å²) >= 11 is 0. The maximum Gasteiger partial charge on any atom is 0.358 e. The molecular weight excluding hydrogens is 379 g/mol. The Morgan fingerprint density at radius 1 is 0.821 bits per heavy atom. The number of halogens is 5. The second-order valence-corrected chi connectivity index (χ2v) is 9.33. The predicted molar refractivity (Wildman–Crippen MR) is 103 cm³/mol. The number of hydrogen-bond acceptors (Lipinski definition) is 1. The molecule has 0 bridgehead atoms. The fraction of sp³-hybridized carbons (Fsp3) is 1.00. The van der Waals surface area contributed by atoms with Crippen molar-refractivity contribution in [3.63, 3.8) is 0 Å². The van der Waals surface area contributed by atoms with Crippen LogP contribution >= 0.6 is 0 Å². The second-order valence-electron chi connectivity index (χ2n) is 9.33. The quantitative estimate of drug-likeness (QED) is 0.472. The first-order valence-corrected chi connectivity index (χ1v) is 10.7. The fourth-order valence-corrected chi connectivity index (χ4v) is 5.27. The molecule has 28 heavy (non-hydrogen) atoms. The Labute approximate surface area is 167 Å². The fourth-order valence-electron chi connectivity index (χ4n) is 5.27. The smallest absolute Gasteiger partial charge is 0.358 e.